The van der Waals surface area contributed by atoms with Gasteiger partial charge in [0.15, 0.2) is 0 Å². The van der Waals surface area contributed by atoms with Crippen LogP contribution in [0.15, 0.2) is 28.5 Å². The van der Waals surface area contributed by atoms with Crippen LogP contribution in [0.1, 0.15) is 10.7 Å². The SMILES string of the molecule is COc1cc(S(=O)(=O)NCCc2csc(C)n2)ccc1N. The lowest BCUT2D eigenvalue weighted by molar-refractivity contribution is 0.415. The second-order valence-corrected chi connectivity index (χ2v) is 7.24. The number of sulfonamides is 1. The highest BCUT2D eigenvalue weighted by Crippen LogP contribution is 2.24. The van der Waals surface area contributed by atoms with Crippen molar-refractivity contribution in [1.82, 2.24) is 9.71 Å². The number of nitrogen functional groups attached to an aromatic ring is 1. The van der Waals surface area contributed by atoms with Gasteiger partial charge in [0.05, 0.1) is 28.4 Å². The molecule has 1 aromatic heterocycles. The topological polar surface area (TPSA) is 94.3 Å². The number of nitrogens with two attached hydrogens (primary N) is 1. The van der Waals surface area contributed by atoms with Crippen molar-refractivity contribution < 1.29 is 13.2 Å². The Balaban J connectivity index is 2.04. The molecule has 3 N–H and O–H groups in total. The largest absolute Gasteiger partial charge is 0.495 e. The second kappa shape index (κ2) is 6.42. The summed E-state index contributed by atoms with van der Waals surface area (Å²) in [6.07, 6.45) is 0.551. The molecule has 0 saturated carbocycles. The van der Waals surface area contributed by atoms with E-state index in [1.54, 1.807) is 11.3 Å². The number of hydrogen-bond acceptors (Lipinski definition) is 6. The molecule has 8 heteroatoms. The molecule has 0 spiro atoms. The molecule has 114 valence electrons. The molecule has 6 nitrogen and oxygen atoms in total. The summed E-state index contributed by atoms with van der Waals surface area (Å²) in [5, 5.41) is 2.90. The van der Waals surface area contributed by atoms with Crippen molar-refractivity contribution in [2.24, 2.45) is 0 Å². The Kier molecular flexibility index (Phi) is 4.81. The first-order valence-corrected chi connectivity index (χ1v) is 8.63. The third kappa shape index (κ3) is 3.93. The number of ether oxygens (including phenoxy) is 1. The van der Waals surface area contributed by atoms with Crippen LogP contribution < -0.4 is 15.2 Å². The number of nitrogens with one attached hydrogen (secondary N) is 1. The summed E-state index contributed by atoms with van der Waals surface area (Å²) in [7, 11) is -2.14. The van der Waals surface area contributed by atoms with Gasteiger partial charge in [-0.15, -0.1) is 11.3 Å². The highest BCUT2D eigenvalue weighted by molar-refractivity contribution is 7.89. The minimum absolute atomic E-state index is 0.128. The zero-order valence-corrected chi connectivity index (χ0v) is 13.4. The van der Waals surface area contributed by atoms with Gasteiger partial charge in [-0.25, -0.2) is 18.1 Å². The van der Waals surface area contributed by atoms with Gasteiger partial charge >= 0.3 is 0 Å². The maximum atomic E-state index is 12.2. The molecule has 0 aliphatic carbocycles. The van der Waals surface area contributed by atoms with Gasteiger partial charge in [-0.3, -0.25) is 0 Å². The Morgan fingerprint density at radius 1 is 1.43 bits per heavy atom. The van der Waals surface area contributed by atoms with Crippen molar-refractivity contribution in [3.8, 4) is 5.75 Å². The molecule has 0 bridgehead atoms. The fraction of sp³-hybridized carbons (Fsp3) is 0.308. The normalized spacial score (nSPS) is 11.5. The number of nitrogens with zero attached hydrogens (tertiary/aromatic N) is 1. The lowest BCUT2D eigenvalue weighted by Crippen LogP contribution is -2.26. The molecule has 21 heavy (non-hydrogen) atoms. The fourth-order valence-corrected chi connectivity index (χ4v) is 3.47. The van der Waals surface area contributed by atoms with Crippen molar-refractivity contribution in [1.29, 1.82) is 0 Å². The van der Waals surface area contributed by atoms with Crippen molar-refractivity contribution in [2.45, 2.75) is 18.2 Å². The summed E-state index contributed by atoms with van der Waals surface area (Å²) in [5.74, 6) is 0.341. The molecule has 2 rings (SSSR count). The van der Waals surface area contributed by atoms with E-state index < -0.39 is 10.0 Å². The molecule has 0 fully saturated rings. The van der Waals surface area contributed by atoms with Crippen molar-refractivity contribution in [2.75, 3.05) is 19.4 Å². The minimum Gasteiger partial charge on any atom is -0.495 e. The first-order valence-electron chi connectivity index (χ1n) is 6.26. The van der Waals surface area contributed by atoms with Crippen LogP contribution in [0, 0.1) is 6.92 Å². The van der Waals surface area contributed by atoms with Gasteiger partial charge in [0, 0.05) is 24.4 Å². The number of aryl methyl sites for hydroxylation is 1. The van der Waals surface area contributed by atoms with Crippen LogP contribution in [-0.4, -0.2) is 27.1 Å². The number of thiazole rings is 1. The van der Waals surface area contributed by atoms with Crippen LogP contribution in [0.25, 0.3) is 0 Å². The molecule has 2 aromatic rings. The average Bonchev–Trinajstić information content (AvgIpc) is 2.84. The zero-order chi connectivity index (χ0) is 15.5. The van der Waals surface area contributed by atoms with Gasteiger partial charge in [0.25, 0.3) is 0 Å². The summed E-state index contributed by atoms with van der Waals surface area (Å²) in [5.41, 5.74) is 6.96. The number of methoxy groups -OCH3 is 1. The average molecular weight is 327 g/mol. The van der Waals surface area contributed by atoms with E-state index in [-0.39, 0.29) is 11.4 Å². The van der Waals surface area contributed by atoms with Gasteiger partial charge < -0.3 is 10.5 Å². The molecule has 0 saturated heterocycles. The summed E-state index contributed by atoms with van der Waals surface area (Å²) >= 11 is 1.55. The van der Waals surface area contributed by atoms with Crippen LogP contribution in [0.2, 0.25) is 0 Å². The van der Waals surface area contributed by atoms with Crippen LogP contribution >= 0.6 is 11.3 Å². The Morgan fingerprint density at radius 2 is 2.19 bits per heavy atom. The van der Waals surface area contributed by atoms with Gasteiger partial charge in [0.1, 0.15) is 5.75 Å². The molecule has 0 amide bonds. The Bertz CT molecular complexity index is 726. The van der Waals surface area contributed by atoms with Crippen LogP contribution in [0.4, 0.5) is 5.69 Å². The number of hydrogen-bond donors (Lipinski definition) is 2. The van der Waals surface area contributed by atoms with Crippen molar-refractivity contribution in [3.05, 3.63) is 34.3 Å². The monoisotopic (exact) mass is 327 g/mol. The number of anilines is 1. The number of aromatic nitrogens is 1. The van der Waals surface area contributed by atoms with Gasteiger partial charge in [0.2, 0.25) is 10.0 Å². The summed E-state index contributed by atoms with van der Waals surface area (Å²) in [6.45, 7) is 2.21. The molecule has 0 aliphatic rings. The van der Waals surface area contributed by atoms with Gasteiger partial charge in [-0.1, -0.05) is 0 Å². The quantitative estimate of drug-likeness (QED) is 0.785. The summed E-state index contributed by atoms with van der Waals surface area (Å²) < 4.78 is 31.9. The lowest BCUT2D eigenvalue weighted by Gasteiger charge is -2.09. The molecule has 0 unspecified atom stereocenters. The van der Waals surface area contributed by atoms with Crippen LogP contribution in [0.5, 0.6) is 5.75 Å². The van der Waals surface area contributed by atoms with E-state index in [1.165, 1.54) is 25.3 Å². The maximum absolute atomic E-state index is 12.2. The molecule has 1 aromatic carbocycles. The fourth-order valence-electron chi connectivity index (χ4n) is 1.78. The first-order chi connectivity index (χ1) is 9.92. The van der Waals surface area contributed by atoms with Crippen molar-refractivity contribution in [3.63, 3.8) is 0 Å². The lowest BCUT2D eigenvalue weighted by atomic mass is 10.3. The Morgan fingerprint density at radius 3 is 2.81 bits per heavy atom. The van der Waals surface area contributed by atoms with Crippen molar-refractivity contribution >= 4 is 27.0 Å². The second-order valence-electron chi connectivity index (χ2n) is 4.41. The molecular weight excluding hydrogens is 310 g/mol. The Hall–Kier alpha value is -1.64. The van der Waals surface area contributed by atoms with Crippen LogP contribution in [0.3, 0.4) is 0 Å². The highest BCUT2D eigenvalue weighted by Gasteiger charge is 2.15. The first kappa shape index (κ1) is 15.7. The third-order valence-corrected chi connectivity index (χ3v) is 5.14. The van der Waals surface area contributed by atoms with Crippen LogP contribution in [-0.2, 0) is 16.4 Å². The number of rotatable bonds is 6. The number of benzene rings is 1. The van der Waals surface area contributed by atoms with E-state index in [0.29, 0.717) is 17.9 Å². The molecule has 0 radical (unpaired) electrons. The van der Waals surface area contributed by atoms with E-state index in [4.69, 9.17) is 10.5 Å². The highest BCUT2D eigenvalue weighted by atomic mass is 32.2. The smallest absolute Gasteiger partial charge is 0.240 e. The van der Waals surface area contributed by atoms with E-state index in [2.05, 4.69) is 9.71 Å². The van der Waals surface area contributed by atoms with Gasteiger partial charge in [-0.2, -0.15) is 0 Å². The summed E-state index contributed by atoms with van der Waals surface area (Å²) in [6, 6.07) is 4.37. The van der Waals surface area contributed by atoms with E-state index in [0.717, 1.165) is 10.7 Å². The zero-order valence-electron chi connectivity index (χ0n) is 11.8. The third-order valence-electron chi connectivity index (χ3n) is 2.86. The maximum Gasteiger partial charge on any atom is 0.240 e. The predicted molar refractivity (Wildman–Crippen MR) is 83.1 cm³/mol. The van der Waals surface area contributed by atoms with Gasteiger partial charge in [-0.05, 0) is 19.1 Å². The van der Waals surface area contributed by atoms with E-state index in [9.17, 15) is 8.42 Å². The standard InChI is InChI=1S/C13H17N3O3S2/c1-9-16-10(8-20-9)5-6-15-21(17,18)11-3-4-12(14)13(7-11)19-2/h3-4,7-8,15H,5-6,14H2,1-2H3. The molecule has 1 heterocycles. The van der Waals surface area contributed by atoms with E-state index in [1.807, 2.05) is 12.3 Å². The molecule has 0 aliphatic heterocycles. The summed E-state index contributed by atoms with van der Waals surface area (Å²) in [4.78, 5) is 4.42. The minimum atomic E-state index is -3.58. The molecule has 0 atom stereocenters. The predicted octanol–water partition coefficient (Wildman–Crippen LogP) is 1.56. The molecular formula is C13H17N3O3S2. The van der Waals surface area contributed by atoms with E-state index >= 15 is 0 Å². The Labute approximate surface area is 128 Å².